The fraction of sp³-hybridized carbons (Fsp3) is 0.294. The number of nitrogens with one attached hydrogen (secondary N) is 1. The summed E-state index contributed by atoms with van der Waals surface area (Å²) in [5.74, 6) is 3.07. The molecule has 2 aromatic rings. The highest BCUT2D eigenvalue weighted by Crippen LogP contribution is 2.15. The molecule has 1 amide bonds. The van der Waals surface area contributed by atoms with E-state index in [9.17, 15) is 4.79 Å². The van der Waals surface area contributed by atoms with Gasteiger partial charge in [0.05, 0.1) is 5.69 Å². The Bertz CT molecular complexity index is 760. The molecule has 0 aliphatic rings. The summed E-state index contributed by atoms with van der Waals surface area (Å²) in [5, 5.41) is 6.87. The van der Waals surface area contributed by atoms with E-state index in [-0.39, 0.29) is 5.91 Å². The van der Waals surface area contributed by atoms with Crippen LogP contribution in [0.4, 0.5) is 0 Å². The summed E-state index contributed by atoms with van der Waals surface area (Å²) in [6.45, 7) is 8.71. The molecule has 0 radical (unpaired) electrons. The number of aromatic nitrogens is 2. The van der Waals surface area contributed by atoms with Crippen LogP contribution in [0.3, 0.4) is 0 Å². The Balaban J connectivity index is 2.32. The third-order valence-electron chi connectivity index (χ3n) is 3.07. The molecule has 0 saturated heterocycles. The zero-order valence-electron chi connectivity index (χ0n) is 13.7. The van der Waals surface area contributed by atoms with Gasteiger partial charge in [-0.15, -0.1) is 5.54 Å². The van der Waals surface area contributed by atoms with E-state index in [2.05, 4.69) is 47.6 Å². The average molecular weight is 311 g/mol. The predicted molar refractivity (Wildman–Crippen MR) is 91.9 cm³/mol. The van der Waals surface area contributed by atoms with Gasteiger partial charge in [0, 0.05) is 18.8 Å². The number of aryl methyl sites for hydroxylation is 1. The van der Waals surface area contributed by atoms with Crippen LogP contribution in [-0.2, 0) is 0 Å². The molecule has 1 heterocycles. The first-order valence-corrected chi connectivity index (χ1v) is 10.7. The van der Waals surface area contributed by atoms with E-state index in [0.717, 1.165) is 16.8 Å². The highest BCUT2D eigenvalue weighted by Gasteiger charge is 2.10. The van der Waals surface area contributed by atoms with Gasteiger partial charge >= 0.3 is 0 Å². The molecule has 0 aliphatic heterocycles. The van der Waals surface area contributed by atoms with E-state index in [4.69, 9.17) is 0 Å². The summed E-state index contributed by atoms with van der Waals surface area (Å²) in [4.78, 5) is 11.6. The lowest BCUT2D eigenvalue weighted by molar-refractivity contribution is 0.0957. The van der Waals surface area contributed by atoms with Crippen LogP contribution >= 0.6 is 0 Å². The van der Waals surface area contributed by atoms with Gasteiger partial charge in [-0.3, -0.25) is 4.79 Å². The lowest BCUT2D eigenvalue weighted by Crippen LogP contribution is -2.18. The van der Waals surface area contributed by atoms with Gasteiger partial charge in [-0.1, -0.05) is 25.6 Å². The van der Waals surface area contributed by atoms with Crippen molar-refractivity contribution in [1.29, 1.82) is 0 Å². The molecule has 0 saturated carbocycles. The van der Waals surface area contributed by atoms with Crippen molar-refractivity contribution in [1.82, 2.24) is 15.1 Å². The second-order valence-electron chi connectivity index (χ2n) is 6.23. The number of benzene rings is 1. The van der Waals surface area contributed by atoms with Crippen LogP contribution in [0, 0.1) is 18.4 Å². The lowest BCUT2D eigenvalue weighted by atomic mass is 10.1. The van der Waals surface area contributed by atoms with Crippen molar-refractivity contribution in [3.8, 4) is 17.2 Å². The van der Waals surface area contributed by atoms with Crippen LogP contribution in [0.1, 0.15) is 21.6 Å². The van der Waals surface area contributed by atoms with Crippen molar-refractivity contribution in [2.45, 2.75) is 26.6 Å². The molecule has 1 aromatic carbocycles. The predicted octanol–water partition coefficient (Wildman–Crippen LogP) is 2.77. The SMILES string of the molecule is CNC(=O)c1ccn(-c2ccc(C#C[Si](C)(C)C)cc2C)n1. The van der Waals surface area contributed by atoms with Gasteiger partial charge in [0.2, 0.25) is 0 Å². The fourth-order valence-corrected chi connectivity index (χ4v) is 2.48. The summed E-state index contributed by atoms with van der Waals surface area (Å²) in [6, 6.07) is 7.75. The summed E-state index contributed by atoms with van der Waals surface area (Å²) >= 11 is 0. The fourth-order valence-electron chi connectivity index (χ4n) is 1.96. The number of rotatable bonds is 2. The molecule has 4 nitrogen and oxygen atoms in total. The molecule has 1 N–H and O–H groups in total. The molecule has 0 unspecified atom stereocenters. The van der Waals surface area contributed by atoms with Gasteiger partial charge < -0.3 is 5.32 Å². The smallest absolute Gasteiger partial charge is 0.271 e. The minimum absolute atomic E-state index is 0.186. The largest absolute Gasteiger partial charge is 0.354 e. The van der Waals surface area contributed by atoms with Gasteiger partial charge in [0.25, 0.3) is 5.91 Å². The Morgan fingerprint density at radius 1 is 1.27 bits per heavy atom. The lowest BCUT2D eigenvalue weighted by Gasteiger charge is -2.07. The first-order valence-electron chi connectivity index (χ1n) is 7.22. The van der Waals surface area contributed by atoms with Crippen molar-refractivity contribution in [3.63, 3.8) is 0 Å². The summed E-state index contributed by atoms with van der Waals surface area (Å²) in [6.07, 6.45) is 1.79. The third kappa shape index (κ3) is 3.86. The summed E-state index contributed by atoms with van der Waals surface area (Å²) in [7, 11) is 0.224. The van der Waals surface area contributed by atoms with Crippen LogP contribution in [-0.4, -0.2) is 30.8 Å². The van der Waals surface area contributed by atoms with Crippen LogP contribution in [0.15, 0.2) is 30.5 Å². The van der Waals surface area contributed by atoms with E-state index >= 15 is 0 Å². The molecule has 114 valence electrons. The maximum absolute atomic E-state index is 11.6. The number of carbonyl (C=O) groups excluding carboxylic acids is 1. The molecule has 0 spiro atoms. The van der Waals surface area contributed by atoms with Crippen LogP contribution in [0.2, 0.25) is 19.6 Å². The average Bonchev–Trinajstić information content (AvgIpc) is 2.93. The van der Waals surface area contributed by atoms with Gasteiger partial charge in [-0.2, -0.15) is 5.10 Å². The first kappa shape index (κ1) is 16.1. The van der Waals surface area contributed by atoms with Gasteiger partial charge in [-0.05, 0) is 36.8 Å². The Morgan fingerprint density at radius 3 is 2.59 bits per heavy atom. The molecule has 2 rings (SSSR count). The molecule has 5 heteroatoms. The number of hydrogen-bond acceptors (Lipinski definition) is 2. The topological polar surface area (TPSA) is 46.9 Å². The quantitative estimate of drug-likeness (QED) is 0.685. The second-order valence-corrected chi connectivity index (χ2v) is 11.0. The zero-order valence-corrected chi connectivity index (χ0v) is 14.7. The number of amides is 1. The molecule has 0 fully saturated rings. The normalized spacial score (nSPS) is 10.8. The summed E-state index contributed by atoms with van der Waals surface area (Å²) in [5.41, 5.74) is 6.82. The van der Waals surface area contributed by atoms with Crippen molar-refractivity contribution < 1.29 is 4.79 Å². The van der Waals surface area contributed by atoms with E-state index < -0.39 is 8.07 Å². The standard InChI is InChI=1S/C17H21N3OSi/c1-13-12-14(9-11-22(3,4)5)6-7-16(13)20-10-8-15(19-20)17(21)18-2/h6-8,10,12H,1-5H3,(H,18,21). The van der Waals surface area contributed by atoms with Crippen molar-refractivity contribution in [3.05, 3.63) is 47.3 Å². The maximum atomic E-state index is 11.6. The molecular formula is C17H21N3OSi. The molecule has 1 aromatic heterocycles. The Labute approximate surface area is 132 Å². The maximum Gasteiger partial charge on any atom is 0.271 e. The monoisotopic (exact) mass is 311 g/mol. The number of carbonyl (C=O) groups is 1. The number of nitrogens with zero attached hydrogens (tertiary/aromatic N) is 2. The van der Waals surface area contributed by atoms with Gasteiger partial charge in [-0.25, -0.2) is 4.68 Å². The highest BCUT2D eigenvalue weighted by molar-refractivity contribution is 6.83. The molecule has 0 atom stereocenters. The van der Waals surface area contributed by atoms with Crippen LogP contribution in [0.25, 0.3) is 5.69 Å². The van der Waals surface area contributed by atoms with E-state index in [0.29, 0.717) is 5.69 Å². The minimum Gasteiger partial charge on any atom is -0.354 e. The van der Waals surface area contributed by atoms with E-state index in [1.807, 2.05) is 19.1 Å². The van der Waals surface area contributed by atoms with E-state index in [1.54, 1.807) is 24.0 Å². The summed E-state index contributed by atoms with van der Waals surface area (Å²) < 4.78 is 1.72. The van der Waals surface area contributed by atoms with Gasteiger partial charge in [0.1, 0.15) is 8.07 Å². The zero-order chi connectivity index (χ0) is 16.3. The van der Waals surface area contributed by atoms with Gasteiger partial charge in [0.15, 0.2) is 5.69 Å². The molecule has 0 aliphatic carbocycles. The minimum atomic E-state index is -1.37. The Morgan fingerprint density at radius 2 is 2.00 bits per heavy atom. The Hall–Kier alpha value is -2.32. The third-order valence-corrected chi connectivity index (χ3v) is 3.95. The first-order chi connectivity index (χ1) is 10.3. The Kier molecular flexibility index (Phi) is 4.53. The van der Waals surface area contributed by atoms with Crippen molar-refractivity contribution >= 4 is 14.0 Å². The molecule has 0 bridgehead atoms. The van der Waals surface area contributed by atoms with Crippen LogP contribution in [0.5, 0.6) is 0 Å². The second kappa shape index (κ2) is 6.20. The van der Waals surface area contributed by atoms with Crippen LogP contribution < -0.4 is 5.32 Å². The van der Waals surface area contributed by atoms with Crippen molar-refractivity contribution in [2.75, 3.05) is 7.05 Å². The molecule has 22 heavy (non-hydrogen) atoms. The molecular weight excluding hydrogens is 290 g/mol. The highest BCUT2D eigenvalue weighted by atomic mass is 28.3. The number of hydrogen-bond donors (Lipinski definition) is 1. The van der Waals surface area contributed by atoms with E-state index in [1.165, 1.54) is 0 Å². The van der Waals surface area contributed by atoms with Crippen molar-refractivity contribution in [2.24, 2.45) is 0 Å².